The maximum atomic E-state index is 12.3. The van der Waals surface area contributed by atoms with Gasteiger partial charge in [0.25, 0.3) is 0 Å². The maximum absolute atomic E-state index is 12.3. The molecule has 0 radical (unpaired) electrons. The summed E-state index contributed by atoms with van der Waals surface area (Å²) >= 11 is 0. The van der Waals surface area contributed by atoms with Gasteiger partial charge in [-0.05, 0) is 38.5 Å². The van der Waals surface area contributed by atoms with Crippen LogP contribution in [-0.4, -0.2) is 36.0 Å². The third-order valence-electron chi connectivity index (χ3n) is 8.90. The van der Waals surface area contributed by atoms with Crippen LogP contribution in [0.5, 0.6) is 0 Å². The highest BCUT2D eigenvalue weighted by Gasteiger charge is 2.55. The van der Waals surface area contributed by atoms with Crippen molar-refractivity contribution in [1.29, 1.82) is 0 Å². The normalized spacial score (nSPS) is 38.6. The van der Waals surface area contributed by atoms with Gasteiger partial charge < -0.3 is 19.1 Å². The Morgan fingerprint density at radius 2 is 1.08 bits per heavy atom. The van der Waals surface area contributed by atoms with E-state index in [4.69, 9.17) is 22.6 Å². The second kappa shape index (κ2) is 9.88. The zero-order valence-corrected chi connectivity index (χ0v) is 23.2. The van der Waals surface area contributed by atoms with Crippen molar-refractivity contribution >= 4 is 11.6 Å². The molecule has 2 heterocycles. The summed E-state index contributed by atoms with van der Waals surface area (Å²) in [6, 6.07) is 0. The van der Waals surface area contributed by atoms with Crippen LogP contribution in [-0.2, 0) is 19.1 Å². The minimum atomic E-state index is -0.600. The summed E-state index contributed by atoms with van der Waals surface area (Å²) in [6.07, 6.45) is 9.95. The largest absolute Gasteiger partial charge is 0.373 e. The molecule has 6 heteroatoms. The molecule has 2 aliphatic heterocycles. The lowest BCUT2D eigenvalue weighted by Crippen LogP contribution is -2.55. The van der Waals surface area contributed by atoms with E-state index in [1.54, 1.807) is 0 Å². The second-order valence-corrected chi connectivity index (χ2v) is 12.6. The van der Waals surface area contributed by atoms with Crippen LogP contribution >= 0.6 is 0 Å². The molecule has 36 heavy (non-hydrogen) atoms. The Labute approximate surface area is 217 Å². The van der Waals surface area contributed by atoms with E-state index in [0.29, 0.717) is 0 Å². The van der Waals surface area contributed by atoms with E-state index in [-0.39, 0.29) is 58.2 Å². The van der Waals surface area contributed by atoms with Crippen molar-refractivity contribution in [3.63, 3.8) is 0 Å². The molecule has 0 saturated carbocycles. The number of carbonyl (C=O) groups excluding carboxylic acids is 2. The molecule has 6 atom stereocenters. The lowest BCUT2D eigenvalue weighted by molar-refractivity contribution is -0.171. The molecule has 6 nitrogen and oxygen atoms in total. The quantitative estimate of drug-likeness (QED) is 0.400. The molecule has 196 valence electrons. The third kappa shape index (κ3) is 4.71. The minimum absolute atomic E-state index is 0.0725. The van der Waals surface area contributed by atoms with Crippen molar-refractivity contribution in [2.24, 2.45) is 21.7 Å². The summed E-state index contributed by atoms with van der Waals surface area (Å²) in [4.78, 5) is 31.4. The standard InChI is InChI=1S/2C15H21NO2/c2*1-6-10-7-8-15(4)9-11(16-5)12(17)14(2,3)13(15)18-10/h2*9-10,13H,6-8H2,1-4H3/t2*10-,13+,15+/m10/s1. The number of allylic oxidation sites excluding steroid dienone is 2. The van der Waals surface area contributed by atoms with Crippen LogP contribution in [0.1, 0.15) is 93.9 Å². The van der Waals surface area contributed by atoms with Gasteiger partial charge in [-0.1, -0.05) is 67.5 Å². The summed E-state index contributed by atoms with van der Waals surface area (Å²) < 4.78 is 12.3. The number of ketones is 2. The van der Waals surface area contributed by atoms with E-state index >= 15 is 0 Å². The summed E-state index contributed by atoms with van der Waals surface area (Å²) in [6.45, 7) is 30.4. The van der Waals surface area contributed by atoms with Crippen molar-refractivity contribution < 1.29 is 19.1 Å². The Kier molecular flexibility index (Phi) is 7.77. The van der Waals surface area contributed by atoms with Crippen molar-refractivity contribution in [3.8, 4) is 0 Å². The topological polar surface area (TPSA) is 61.3 Å². The van der Waals surface area contributed by atoms with Crippen molar-refractivity contribution in [3.05, 3.63) is 46.4 Å². The van der Waals surface area contributed by atoms with E-state index < -0.39 is 10.8 Å². The van der Waals surface area contributed by atoms with Gasteiger partial charge in [0, 0.05) is 21.7 Å². The van der Waals surface area contributed by atoms with Crippen LogP contribution in [0, 0.1) is 34.8 Å². The second-order valence-electron chi connectivity index (χ2n) is 12.6. The van der Waals surface area contributed by atoms with Crippen LogP contribution in [0.25, 0.3) is 9.69 Å². The SMILES string of the molecule is [C-]#[N+]C1=C[C@@]2(C)CC[C@H](CC)O[C@@H]2C(C)(C)C1=O.[C-]#[N+]C1=C[C@]2(C)CC[C@@H](CC)O[C@H]2C(C)(C)C1=O. The average Bonchev–Trinajstić information content (AvgIpc) is 2.84. The number of Topliss-reactive ketones (excluding diaryl/α,β-unsaturated/α-hetero) is 2. The summed E-state index contributed by atoms with van der Waals surface area (Å²) in [5.74, 6) is -0.145. The Morgan fingerprint density at radius 3 is 1.36 bits per heavy atom. The summed E-state index contributed by atoms with van der Waals surface area (Å²) in [5, 5.41) is 0. The van der Waals surface area contributed by atoms with E-state index in [9.17, 15) is 9.59 Å². The molecule has 0 aromatic carbocycles. The van der Waals surface area contributed by atoms with Crippen LogP contribution in [0.3, 0.4) is 0 Å². The Hall–Kier alpha value is -2.28. The van der Waals surface area contributed by atoms with Gasteiger partial charge in [0.2, 0.25) is 11.4 Å². The molecular formula is C30H42N2O4. The first-order valence-corrected chi connectivity index (χ1v) is 13.3. The first-order valence-electron chi connectivity index (χ1n) is 13.3. The van der Waals surface area contributed by atoms with Crippen LogP contribution in [0.2, 0.25) is 0 Å². The zero-order chi connectivity index (χ0) is 27.1. The number of hydrogen-bond acceptors (Lipinski definition) is 4. The summed E-state index contributed by atoms with van der Waals surface area (Å²) in [7, 11) is 0. The zero-order valence-electron chi connectivity index (χ0n) is 23.2. The van der Waals surface area contributed by atoms with Gasteiger partial charge in [-0.15, -0.1) is 0 Å². The van der Waals surface area contributed by atoms with E-state index in [1.165, 1.54) is 0 Å². The Balaban J connectivity index is 0.000000201. The molecule has 0 bridgehead atoms. The first kappa shape index (κ1) is 28.3. The smallest absolute Gasteiger partial charge is 0.226 e. The van der Waals surface area contributed by atoms with Crippen molar-refractivity contribution in [2.75, 3.05) is 0 Å². The molecule has 4 rings (SSSR count). The summed E-state index contributed by atoms with van der Waals surface area (Å²) in [5.41, 5.74) is -0.977. The molecule has 2 saturated heterocycles. The molecule has 0 unspecified atom stereocenters. The molecule has 0 aromatic heterocycles. The van der Waals surface area contributed by atoms with Crippen LogP contribution < -0.4 is 0 Å². The molecule has 0 spiro atoms. The highest BCUT2D eigenvalue weighted by molar-refractivity contribution is 6.03. The van der Waals surface area contributed by atoms with Gasteiger partial charge in [-0.25, -0.2) is 9.69 Å². The molecule has 0 amide bonds. The molecule has 0 N–H and O–H groups in total. The van der Waals surface area contributed by atoms with Gasteiger partial charge >= 0.3 is 0 Å². The van der Waals surface area contributed by atoms with Gasteiger partial charge in [0.15, 0.2) is 11.6 Å². The van der Waals surface area contributed by atoms with E-state index in [1.807, 2.05) is 39.8 Å². The van der Waals surface area contributed by atoms with Gasteiger partial charge in [-0.2, -0.15) is 0 Å². The van der Waals surface area contributed by atoms with E-state index in [0.717, 1.165) is 38.5 Å². The van der Waals surface area contributed by atoms with Gasteiger partial charge in [0.1, 0.15) is 0 Å². The molecular weight excluding hydrogens is 452 g/mol. The van der Waals surface area contributed by atoms with Gasteiger partial charge in [-0.3, -0.25) is 0 Å². The first-order chi connectivity index (χ1) is 16.7. The molecule has 4 aliphatic rings. The van der Waals surface area contributed by atoms with Crippen LogP contribution in [0.4, 0.5) is 0 Å². The number of hydrogen-bond donors (Lipinski definition) is 0. The monoisotopic (exact) mass is 494 g/mol. The van der Waals surface area contributed by atoms with Crippen LogP contribution in [0.15, 0.2) is 23.5 Å². The Morgan fingerprint density at radius 1 is 0.750 bits per heavy atom. The average molecular weight is 495 g/mol. The number of fused-ring (bicyclic) bond motifs is 2. The lowest BCUT2D eigenvalue weighted by Gasteiger charge is -2.51. The highest BCUT2D eigenvalue weighted by Crippen LogP contribution is 2.52. The fraction of sp³-hybridized carbons (Fsp3) is 0.733. The van der Waals surface area contributed by atoms with Crippen molar-refractivity contribution in [1.82, 2.24) is 0 Å². The fourth-order valence-electron chi connectivity index (χ4n) is 6.74. The number of ether oxygens (including phenoxy) is 2. The van der Waals surface area contributed by atoms with Crippen molar-refractivity contribution in [2.45, 2.75) is 118 Å². The fourth-order valence-corrected chi connectivity index (χ4v) is 6.74. The highest BCUT2D eigenvalue weighted by atomic mass is 16.5. The predicted octanol–water partition coefficient (Wildman–Crippen LogP) is 6.72. The molecule has 0 aromatic rings. The third-order valence-corrected chi connectivity index (χ3v) is 8.90. The molecule has 2 aliphatic carbocycles. The number of rotatable bonds is 2. The number of carbonyl (C=O) groups is 2. The predicted molar refractivity (Wildman–Crippen MR) is 140 cm³/mol. The lowest BCUT2D eigenvalue weighted by atomic mass is 9.61. The minimum Gasteiger partial charge on any atom is -0.373 e. The van der Waals surface area contributed by atoms with E-state index in [2.05, 4.69) is 37.4 Å². The number of nitrogens with zero attached hydrogens (tertiary/aromatic N) is 2. The van der Waals surface area contributed by atoms with Gasteiger partial charge in [0.05, 0.1) is 37.6 Å². The molecule has 2 fully saturated rings. The Bertz CT molecular complexity index is 972. The maximum Gasteiger partial charge on any atom is 0.226 e.